The summed E-state index contributed by atoms with van der Waals surface area (Å²) in [7, 11) is 0. The molecule has 7 aliphatic rings. The van der Waals surface area contributed by atoms with E-state index in [1.54, 1.807) is 9.80 Å². The van der Waals surface area contributed by atoms with E-state index in [9.17, 15) is 19.2 Å². The van der Waals surface area contributed by atoms with Crippen LogP contribution in [0.3, 0.4) is 0 Å². The van der Waals surface area contributed by atoms with Gasteiger partial charge in [0.2, 0.25) is 0 Å². The molecule has 7 saturated heterocycles. The Balaban J connectivity index is 1.29. The zero-order chi connectivity index (χ0) is 86.9. The Labute approximate surface area is 694 Å². The molecule has 0 saturated carbocycles. The Bertz CT molecular complexity index is 3110. The van der Waals surface area contributed by atoms with E-state index >= 15 is 14.4 Å². The topological polar surface area (TPSA) is 285 Å². The highest BCUT2D eigenvalue weighted by molar-refractivity contribution is 5.77. The summed E-state index contributed by atoms with van der Waals surface area (Å²) in [4.78, 5) is 114. The van der Waals surface area contributed by atoms with E-state index in [2.05, 4.69) is 236 Å². The maximum Gasteiger partial charge on any atom is 0.320 e. The van der Waals surface area contributed by atoms with Crippen molar-refractivity contribution in [2.45, 2.75) is 456 Å². The highest BCUT2D eigenvalue weighted by Gasteiger charge is 2.48. The van der Waals surface area contributed by atoms with Crippen molar-refractivity contribution < 1.29 is 66.7 Å². The summed E-state index contributed by atoms with van der Waals surface area (Å²) >= 11 is 0. The smallest absolute Gasteiger partial charge is 0.320 e. The molecular formula is C89H164N12O14. The maximum absolute atomic E-state index is 15.2. The van der Waals surface area contributed by atoms with E-state index in [1.807, 2.05) is 37.5 Å². The second-order valence-electron chi connectivity index (χ2n) is 46.1. The van der Waals surface area contributed by atoms with Crippen LogP contribution in [-0.4, -0.2) is 283 Å². The summed E-state index contributed by atoms with van der Waals surface area (Å²) in [5.74, 6) is -3.29. The number of carbonyl (C=O) groups is 7. The summed E-state index contributed by atoms with van der Waals surface area (Å²) in [6.07, 6.45) is 5.34. The van der Waals surface area contributed by atoms with Crippen molar-refractivity contribution in [1.29, 1.82) is 0 Å². The van der Waals surface area contributed by atoms with Crippen LogP contribution in [0, 0.1) is 0 Å². The fourth-order valence-electron chi connectivity index (χ4n) is 22.5. The highest BCUT2D eigenvalue weighted by atomic mass is 16.6. The number of ether oxygens (including phenoxy) is 7. The van der Waals surface area contributed by atoms with E-state index in [4.69, 9.17) is 33.2 Å². The standard InChI is InChI=1S/C89H164N12O14/c1-58(47-97(51-69(102)109-62-33-76(5,6)90-77(7,8)34-62)52-70(103)110-63-35-78(9,10)91-79(11,12)36-63)98(53-71(104)111-64-37-80(13,14)92-81(15,16)38-64)48-59(2)99(54-72(105)112-65-39-82(17,18)93-83(19,20)40-65)49-60(3)100(55-73(106)113-66-41-84(21,22)94-85(23,24)42-66)50-61(4)101(56-74(107)114-67-43-86(25,26)95-87(27,28)44-67)57-75(108)115-68-45-88(29,30)96-89(31,32)46-68/h58-68,90-96H,33-57H2,1-32H3. The quantitative estimate of drug-likeness (QED) is 0.0238. The zero-order valence-corrected chi connectivity index (χ0v) is 78.0. The Hall–Kier alpha value is -4.19. The summed E-state index contributed by atoms with van der Waals surface area (Å²) in [5.41, 5.74) is -4.62. The second kappa shape index (κ2) is 36.9. The molecule has 4 atom stereocenters. The predicted molar refractivity (Wildman–Crippen MR) is 453 cm³/mol. The van der Waals surface area contributed by atoms with Crippen molar-refractivity contribution in [3.63, 3.8) is 0 Å². The molecule has 26 heteroatoms. The number of carbonyl (C=O) groups excluding carboxylic acids is 7. The number of hydrogen-bond acceptors (Lipinski definition) is 26. The first-order chi connectivity index (χ1) is 52.0. The molecule has 7 aliphatic heterocycles. The molecule has 0 radical (unpaired) electrons. The Morgan fingerprint density at radius 3 is 0.496 bits per heavy atom. The minimum absolute atomic E-state index is 0.113. The van der Waals surface area contributed by atoms with Gasteiger partial charge in [-0.2, -0.15) is 0 Å². The third-order valence-electron chi connectivity index (χ3n) is 24.0. The molecule has 0 spiro atoms. The molecule has 4 unspecified atom stereocenters. The Morgan fingerprint density at radius 1 is 0.217 bits per heavy atom. The number of esters is 7. The second-order valence-corrected chi connectivity index (χ2v) is 46.1. The molecule has 0 amide bonds. The SMILES string of the molecule is CC(CN(CC(=O)OC1CC(C)(C)NC(C)(C)C1)C(C)CN(CC(=O)OC1CC(C)(C)NC(C)(C)C1)C(C)CN(CC(=O)OC1CC(C)(C)NC(C)(C)C1)C(C)CN(CC(=O)OC1CC(C)(C)NC(C)(C)C1)CC(=O)OC1CC(C)(C)NC(C)(C)C1)N(CC(=O)OC1CC(C)(C)NC(C)(C)C1)CC(=O)OC1CC(C)(C)NC(C)(C)C1. The largest absolute Gasteiger partial charge is 0.461 e. The molecule has 7 fully saturated rings. The van der Waals surface area contributed by atoms with Crippen molar-refractivity contribution in [3.05, 3.63) is 0 Å². The van der Waals surface area contributed by atoms with Crippen LogP contribution in [0.15, 0.2) is 0 Å². The molecule has 7 rings (SSSR count). The van der Waals surface area contributed by atoms with Gasteiger partial charge in [-0.3, -0.25) is 58.1 Å². The first-order valence-corrected chi connectivity index (χ1v) is 43.6. The molecule has 26 nitrogen and oxygen atoms in total. The number of nitrogens with one attached hydrogen (secondary N) is 7. The number of piperidine rings is 7. The van der Waals surface area contributed by atoms with Crippen molar-refractivity contribution in [2.75, 3.05) is 72.0 Å². The number of hydrogen-bond donors (Lipinski definition) is 7. The zero-order valence-electron chi connectivity index (χ0n) is 78.0. The van der Waals surface area contributed by atoms with E-state index in [0.29, 0.717) is 89.9 Å². The summed E-state index contributed by atoms with van der Waals surface area (Å²) < 4.78 is 45.3. The van der Waals surface area contributed by atoms with Gasteiger partial charge >= 0.3 is 41.8 Å². The van der Waals surface area contributed by atoms with Crippen molar-refractivity contribution in [1.82, 2.24) is 61.7 Å². The minimum atomic E-state index is -0.593. The Kier molecular flexibility index (Phi) is 31.4. The van der Waals surface area contributed by atoms with E-state index in [-0.39, 0.29) is 150 Å². The number of nitrogens with zero attached hydrogens (tertiary/aromatic N) is 5. The summed E-state index contributed by atoms with van der Waals surface area (Å²) in [5, 5.41) is 25.9. The average Bonchev–Trinajstić information content (AvgIpc) is 0.821. The van der Waals surface area contributed by atoms with Gasteiger partial charge in [0.05, 0.1) is 45.8 Å². The van der Waals surface area contributed by atoms with Crippen LogP contribution < -0.4 is 37.2 Å². The monoisotopic (exact) mass is 1630 g/mol. The molecule has 7 N–H and O–H groups in total. The first kappa shape index (κ1) is 97.9. The lowest BCUT2D eigenvalue weighted by molar-refractivity contribution is -0.161. The normalized spacial score (nSPS) is 26.1. The van der Waals surface area contributed by atoms with Crippen LogP contribution in [-0.2, 0) is 66.7 Å². The molecule has 0 bridgehead atoms. The lowest BCUT2D eigenvalue weighted by Crippen LogP contribution is -2.60. The van der Waals surface area contributed by atoms with Gasteiger partial charge in [-0.1, -0.05) is 0 Å². The first-order valence-electron chi connectivity index (χ1n) is 43.6. The highest BCUT2D eigenvalue weighted by Crippen LogP contribution is 2.38. The van der Waals surface area contributed by atoms with E-state index in [1.165, 1.54) is 0 Å². The van der Waals surface area contributed by atoms with Crippen molar-refractivity contribution in [3.8, 4) is 0 Å². The van der Waals surface area contributed by atoms with Gasteiger partial charge in [0.1, 0.15) is 42.7 Å². The fraction of sp³-hybridized carbons (Fsp3) is 0.921. The average molecular weight is 1630 g/mol. The lowest BCUT2D eigenvalue weighted by atomic mass is 9.81. The third-order valence-corrected chi connectivity index (χ3v) is 24.0. The molecule has 664 valence electrons. The van der Waals surface area contributed by atoms with E-state index in [0.717, 1.165) is 0 Å². The van der Waals surface area contributed by atoms with Crippen molar-refractivity contribution in [2.24, 2.45) is 0 Å². The van der Waals surface area contributed by atoms with Crippen LogP contribution in [0.5, 0.6) is 0 Å². The van der Waals surface area contributed by atoms with Crippen LogP contribution in [0.1, 0.15) is 311 Å². The minimum Gasteiger partial charge on any atom is -0.461 e. The van der Waals surface area contributed by atoms with Gasteiger partial charge in [0.25, 0.3) is 0 Å². The molecule has 0 aromatic rings. The molecule has 7 heterocycles. The number of rotatable bonds is 33. The van der Waals surface area contributed by atoms with Gasteiger partial charge in [0.15, 0.2) is 0 Å². The van der Waals surface area contributed by atoms with Gasteiger partial charge < -0.3 is 70.4 Å². The molecule has 115 heavy (non-hydrogen) atoms. The third kappa shape index (κ3) is 33.3. The predicted octanol–water partition coefficient (Wildman–Crippen LogP) is 10.0. The van der Waals surface area contributed by atoms with Crippen molar-refractivity contribution >= 4 is 41.8 Å². The van der Waals surface area contributed by atoms with Gasteiger partial charge in [-0.25, -0.2) is 0 Å². The van der Waals surface area contributed by atoms with Crippen LogP contribution in [0.2, 0.25) is 0 Å². The van der Waals surface area contributed by atoms with Gasteiger partial charge in [-0.15, -0.1) is 0 Å². The molecule has 0 aromatic carbocycles. The summed E-state index contributed by atoms with van der Waals surface area (Å²) in [6.45, 7) is 66.1. The van der Waals surface area contributed by atoms with Gasteiger partial charge in [-0.05, 0) is 222 Å². The van der Waals surface area contributed by atoms with Crippen LogP contribution in [0.4, 0.5) is 0 Å². The van der Waals surface area contributed by atoms with Gasteiger partial charge in [0, 0.05) is 218 Å². The Morgan fingerprint density at radius 2 is 0.339 bits per heavy atom. The fourth-order valence-corrected chi connectivity index (χ4v) is 22.5. The van der Waals surface area contributed by atoms with Crippen LogP contribution >= 0.6 is 0 Å². The lowest BCUT2D eigenvalue weighted by Gasteiger charge is -2.46. The molecule has 0 aromatic heterocycles. The molecule has 0 aliphatic carbocycles. The van der Waals surface area contributed by atoms with Crippen LogP contribution in [0.25, 0.3) is 0 Å². The molecular weight excluding hydrogens is 1460 g/mol. The van der Waals surface area contributed by atoms with E-state index < -0.39 is 109 Å². The summed E-state index contributed by atoms with van der Waals surface area (Å²) in [6, 6.07) is -2.25. The maximum atomic E-state index is 15.2.